The summed E-state index contributed by atoms with van der Waals surface area (Å²) < 4.78 is 18.3. The van der Waals surface area contributed by atoms with Crippen LogP contribution in [0.4, 0.5) is 17.1 Å². The summed E-state index contributed by atoms with van der Waals surface area (Å²) in [6.07, 6.45) is 15.5. The third-order valence-electron chi connectivity index (χ3n) is 14.1. The zero-order valence-electron chi connectivity index (χ0n) is 37.6. The summed E-state index contributed by atoms with van der Waals surface area (Å²) in [5.74, 6) is -5.24. The van der Waals surface area contributed by atoms with Gasteiger partial charge >= 0.3 is 17.9 Å². The predicted molar refractivity (Wildman–Crippen MR) is 233 cm³/mol. The molecular formula is C49H65N3O11. The number of esters is 3. The van der Waals surface area contributed by atoms with E-state index in [2.05, 4.69) is 17.2 Å². The highest BCUT2D eigenvalue weighted by Crippen LogP contribution is 2.86. The van der Waals surface area contributed by atoms with E-state index >= 15 is 0 Å². The Balaban J connectivity index is 1.21. The number of rotatable bonds is 21. The van der Waals surface area contributed by atoms with Gasteiger partial charge in [0.2, 0.25) is 5.78 Å². The number of ether oxygens (including phenoxy) is 3. The molecular weight excluding hydrogens is 807 g/mol. The minimum Gasteiger partial charge on any atom is -0.595 e. The molecule has 14 heteroatoms. The molecule has 14 nitrogen and oxygen atoms in total. The molecule has 1 spiro atoms. The molecule has 2 aromatic carbocycles. The molecule has 63 heavy (non-hydrogen) atoms. The quantitative estimate of drug-likeness (QED) is 0.0234. The van der Waals surface area contributed by atoms with Gasteiger partial charge in [0.25, 0.3) is 0 Å². The molecule has 0 radical (unpaired) electrons. The fourth-order valence-electron chi connectivity index (χ4n) is 11.1. The van der Waals surface area contributed by atoms with Gasteiger partial charge in [-0.1, -0.05) is 90.2 Å². The topological polar surface area (TPSA) is 209 Å². The zero-order chi connectivity index (χ0) is 45.7. The summed E-state index contributed by atoms with van der Waals surface area (Å²) in [7, 11) is 0. The van der Waals surface area contributed by atoms with Gasteiger partial charge in [-0.25, -0.2) is 10.0 Å². The van der Waals surface area contributed by atoms with Crippen molar-refractivity contribution in [1.29, 1.82) is 0 Å². The standard InChI is InChI=1S/C49H65N3O11/c1-7-8-9-10-11-12-13-14-15-16-17-18-42(54)62-40-28-34(30-61-45(56)35-19-21-36(22-20-35)50-51-37-23-25-38(26-24-37)52(59)60)29-41-47(32(40)3)43(49(47,58)46(5,6)57)39-27-31(2)44(55)48(39,41)63-33(4)53/h19-27,29,32,39-41,43,52,57-59H,7-18,28,30H2,1-6H3. The second kappa shape index (κ2) is 19.6. The van der Waals surface area contributed by atoms with Crippen LogP contribution in [0.1, 0.15) is 135 Å². The van der Waals surface area contributed by atoms with Crippen LogP contribution in [-0.2, 0) is 28.6 Å². The van der Waals surface area contributed by atoms with Crippen molar-refractivity contribution >= 4 is 40.8 Å². The van der Waals surface area contributed by atoms with Crippen LogP contribution in [0, 0.1) is 34.3 Å². The highest BCUT2D eigenvalue weighted by Gasteiger charge is 2.96. The number of aliphatic hydroxyl groups is 2. The van der Waals surface area contributed by atoms with E-state index in [1.165, 1.54) is 102 Å². The minimum atomic E-state index is -1.77. The van der Waals surface area contributed by atoms with Crippen molar-refractivity contribution in [2.45, 2.75) is 148 Å². The molecule has 2 aromatic rings. The van der Waals surface area contributed by atoms with Gasteiger partial charge in [-0.3, -0.25) is 14.4 Å². The Morgan fingerprint density at radius 2 is 1.44 bits per heavy atom. The number of carbonyl (C=O) groups excluding carboxylic acids is 4. The molecule has 342 valence electrons. The van der Waals surface area contributed by atoms with Crippen molar-refractivity contribution in [2.24, 2.45) is 39.3 Å². The van der Waals surface area contributed by atoms with Crippen molar-refractivity contribution in [3.05, 3.63) is 82.6 Å². The Kier molecular flexibility index (Phi) is 14.9. The lowest BCUT2D eigenvalue weighted by atomic mass is 9.65. The molecule has 0 amide bonds. The van der Waals surface area contributed by atoms with Crippen molar-refractivity contribution < 1.29 is 54.0 Å². The number of carbonyl (C=O) groups is 4. The number of benzene rings is 2. The van der Waals surface area contributed by atoms with Crippen LogP contribution in [0.5, 0.6) is 0 Å². The van der Waals surface area contributed by atoms with Crippen LogP contribution in [0.2, 0.25) is 0 Å². The average Bonchev–Trinajstić information content (AvgIpc) is 3.67. The van der Waals surface area contributed by atoms with E-state index in [0.29, 0.717) is 28.9 Å². The molecule has 0 bridgehead atoms. The lowest BCUT2D eigenvalue weighted by Crippen LogP contribution is -2.99. The van der Waals surface area contributed by atoms with E-state index < -0.39 is 80.9 Å². The monoisotopic (exact) mass is 871 g/mol. The van der Waals surface area contributed by atoms with E-state index in [0.717, 1.165) is 19.3 Å². The molecule has 2 fully saturated rings. The van der Waals surface area contributed by atoms with Gasteiger partial charge in [0.15, 0.2) is 11.3 Å². The van der Waals surface area contributed by atoms with Crippen LogP contribution >= 0.6 is 0 Å². The number of quaternary nitrogens is 1. The fraction of sp³-hybridized carbons (Fsp3) is 0.592. The first kappa shape index (κ1) is 47.9. The van der Waals surface area contributed by atoms with E-state index in [4.69, 9.17) is 19.4 Å². The van der Waals surface area contributed by atoms with Crippen LogP contribution in [0.25, 0.3) is 0 Å². The number of ketones is 1. The van der Waals surface area contributed by atoms with Crippen LogP contribution in [0.3, 0.4) is 0 Å². The van der Waals surface area contributed by atoms with Gasteiger partial charge in [-0.05, 0) is 74.7 Å². The minimum absolute atomic E-state index is 0.111. The number of Topliss-reactive ketones (excluding diaryl/α,β-unsaturated/α-hetero) is 1. The summed E-state index contributed by atoms with van der Waals surface area (Å²) in [5, 5.41) is 52.0. The van der Waals surface area contributed by atoms with E-state index in [-0.39, 0.29) is 30.7 Å². The molecule has 0 heterocycles. The number of hydrogen-bond donors (Lipinski definition) is 4. The molecule has 0 aliphatic heterocycles. The second-order valence-corrected chi connectivity index (χ2v) is 18.6. The van der Waals surface area contributed by atoms with Gasteiger partial charge in [-0.2, -0.15) is 15.5 Å². The SMILES string of the molecule is CCCCCCCCCCCCCC(=O)OC1CC(COC(=O)c2ccc(N=Nc3ccc([NH+]([O-])O)cc3)cc2)=CC2C3(OC(C)=O)C(=O)C(C)=CC3C3C2(C1C)C3(O)C(C)(C)O. The van der Waals surface area contributed by atoms with Crippen molar-refractivity contribution in [2.75, 3.05) is 6.61 Å². The van der Waals surface area contributed by atoms with Gasteiger partial charge in [0, 0.05) is 61.0 Å². The average molecular weight is 872 g/mol. The highest BCUT2D eigenvalue weighted by molar-refractivity contribution is 6.07. The van der Waals surface area contributed by atoms with Crippen LogP contribution in [0.15, 0.2) is 82.1 Å². The summed E-state index contributed by atoms with van der Waals surface area (Å²) in [4.78, 5) is 54.4. The molecule has 0 aromatic heterocycles. The Bertz CT molecular complexity index is 2070. The van der Waals surface area contributed by atoms with E-state index in [1.807, 2.05) is 6.92 Å². The number of nitrogens with zero attached hydrogens (tertiary/aromatic N) is 2. The number of unbranched alkanes of at least 4 members (excludes halogenated alkanes) is 10. The third-order valence-corrected chi connectivity index (χ3v) is 14.1. The van der Waals surface area contributed by atoms with Crippen molar-refractivity contribution in [3.8, 4) is 0 Å². The Hall–Kier alpha value is -4.60. The van der Waals surface area contributed by atoms with E-state index in [1.54, 1.807) is 31.2 Å². The van der Waals surface area contributed by atoms with Crippen molar-refractivity contribution in [3.63, 3.8) is 0 Å². The summed E-state index contributed by atoms with van der Waals surface area (Å²) in [5.41, 5.74) is -4.32. The summed E-state index contributed by atoms with van der Waals surface area (Å²) in [6, 6.07) is 12.1. The molecule has 4 aliphatic rings. The smallest absolute Gasteiger partial charge is 0.338 e. The maximum absolute atomic E-state index is 14.3. The van der Waals surface area contributed by atoms with Gasteiger partial charge in [0.1, 0.15) is 18.3 Å². The van der Waals surface area contributed by atoms with Crippen LogP contribution in [-0.4, -0.2) is 68.6 Å². The first-order chi connectivity index (χ1) is 29.9. The summed E-state index contributed by atoms with van der Waals surface area (Å²) in [6.45, 7) is 9.77. The Morgan fingerprint density at radius 3 is 1.98 bits per heavy atom. The van der Waals surface area contributed by atoms with Gasteiger partial charge < -0.3 is 29.6 Å². The molecule has 0 saturated heterocycles. The Morgan fingerprint density at radius 1 is 0.889 bits per heavy atom. The number of nitrogens with one attached hydrogen (secondary N) is 1. The predicted octanol–water partition coefficient (Wildman–Crippen LogP) is 8.44. The lowest BCUT2D eigenvalue weighted by Gasteiger charge is -2.45. The lowest BCUT2D eigenvalue weighted by molar-refractivity contribution is -0.991. The number of hydrogen-bond acceptors (Lipinski definition) is 13. The Labute approximate surface area is 370 Å². The molecule has 6 rings (SSSR count). The van der Waals surface area contributed by atoms with Crippen LogP contribution < -0.4 is 5.23 Å². The maximum Gasteiger partial charge on any atom is 0.338 e. The molecule has 9 atom stereocenters. The second-order valence-electron chi connectivity index (χ2n) is 18.6. The largest absolute Gasteiger partial charge is 0.595 e. The molecule has 4 N–H and O–H groups in total. The zero-order valence-corrected chi connectivity index (χ0v) is 37.6. The fourth-order valence-corrected chi connectivity index (χ4v) is 11.1. The highest BCUT2D eigenvalue weighted by atomic mass is 16.8. The molecule has 2 saturated carbocycles. The molecule has 4 aliphatic carbocycles. The number of fused-ring (bicyclic) bond motifs is 3. The summed E-state index contributed by atoms with van der Waals surface area (Å²) >= 11 is 0. The van der Waals surface area contributed by atoms with E-state index in [9.17, 15) is 34.6 Å². The number of azo groups is 1. The normalized spacial score (nSPS) is 28.9. The molecule has 9 unspecified atom stereocenters. The van der Waals surface area contributed by atoms with Gasteiger partial charge in [0.05, 0.1) is 22.5 Å². The van der Waals surface area contributed by atoms with Gasteiger partial charge in [-0.15, -0.1) is 0 Å². The first-order valence-corrected chi connectivity index (χ1v) is 22.7. The van der Waals surface area contributed by atoms with Crippen molar-refractivity contribution in [1.82, 2.24) is 0 Å². The maximum atomic E-state index is 14.3. The third kappa shape index (κ3) is 9.33. The first-order valence-electron chi connectivity index (χ1n) is 22.7.